The predicted molar refractivity (Wildman–Crippen MR) is 359 cm³/mol. The molecule has 8 aliphatic carbocycles. The Balaban J connectivity index is 0.000000213. The van der Waals surface area contributed by atoms with E-state index < -0.39 is 173 Å². The predicted octanol–water partition coefficient (Wildman–Crippen LogP) is 7.49. The molecule has 0 spiro atoms. The highest BCUT2D eigenvalue weighted by atomic mass is 28.4. The summed E-state index contributed by atoms with van der Waals surface area (Å²) in [5.74, 6) is -8.68. The molecule has 3 aromatic carbocycles. The van der Waals surface area contributed by atoms with E-state index in [-0.39, 0.29) is 87.9 Å². The van der Waals surface area contributed by atoms with Crippen LogP contribution in [0.2, 0.25) is 13.1 Å². The van der Waals surface area contributed by atoms with Crippen LogP contribution in [-0.4, -0.2) is 178 Å². The van der Waals surface area contributed by atoms with Crippen LogP contribution in [0.3, 0.4) is 0 Å². The fourth-order valence-electron chi connectivity index (χ4n) is 18.0. The first kappa shape index (κ1) is 74.9. The number of ketones is 2. The number of hydrogen-bond donors (Lipinski definition) is 5. The van der Waals surface area contributed by atoms with Gasteiger partial charge in [0.25, 0.3) is 0 Å². The van der Waals surface area contributed by atoms with Gasteiger partial charge in [-0.3, -0.25) is 28.8 Å². The van der Waals surface area contributed by atoms with Crippen molar-refractivity contribution in [2.24, 2.45) is 45.3 Å². The zero-order valence-electron chi connectivity index (χ0n) is 57.0. The quantitative estimate of drug-likeness (QED) is 0.0479. The van der Waals surface area contributed by atoms with Gasteiger partial charge in [0, 0.05) is 50.4 Å². The molecule has 22 nitrogen and oxygen atoms in total. The Kier molecular flexibility index (Phi) is 19.8. The zero-order chi connectivity index (χ0) is 70.3. The Morgan fingerprint density at radius 3 is 1.25 bits per heavy atom. The van der Waals surface area contributed by atoms with Gasteiger partial charge in [0.1, 0.15) is 35.6 Å². The molecule has 2 aliphatic heterocycles. The lowest BCUT2D eigenvalue weighted by Crippen LogP contribution is -2.82. The molecule has 4 bridgehead atoms. The molecule has 2 heterocycles. The number of carbonyl (C=O) groups is 8. The molecule has 13 rings (SSSR count). The number of carbonyl (C=O) groups excluding carboxylic acids is 8. The summed E-state index contributed by atoms with van der Waals surface area (Å²) < 4.78 is 56.3. The number of esters is 6. The molecule has 538 valence electrons. The largest absolute Gasteiger partial charge is 0.455 e. The standard InChI is InChI=1S/C41H50O11Si.C33H40O11.2CH4/c1-23-28(43)21-41(47)35(50-37(46)25-14-10-8-11-15-25)33-39(5,34(44)32(31(23)38(41,3)4)49-36(45)26-18-19-26)29(20-30-40(33,22-48-30)51-24(2)42)52-53(6,7)27-16-12-9-13-17-27;1-16-20(35)14-33(40)27(43-29(39)18-9-7-6-8-10-18)25-31(5,21(36)13-22-32(25,15-41-22)44-17(2)34)26(37)24(23(16)30(33,3)4)42-28(38)19-11-12-19;;/h8-17,26,28-30,32-33,35,43,47H,18-22H2,1-7H3;6-10,19-22,24-25,27,35-36,40H,11-15H2,1-5H3;2*1H4/t28-,29-,30+,32+,33?,35-,39+,40-,41+;20-,21-,22+,24+,25?,27-,31+,32-,33+;;/m00../s1. The van der Waals surface area contributed by atoms with Crippen molar-refractivity contribution < 1.29 is 106 Å². The lowest BCUT2D eigenvalue weighted by atomic mass is 9.44. The van der Waals surface area contributed by atoms with Crippen LogP contribution >= 0.6 is 0 Å². The molecule has 2 saturated heterocycles. The highest BCUT2D eigenvalue weighted by Gasteiger charge is 2.81. The SMILES string of the molecule is C.C.CC(=O)O[C@@]12CO[C@@H]1C[C@H](O)[C@@]1(C)C(=O)[C@H](OC(=O)C3CC3)C3=C(C)[C@@H](O)C[C@@](O)([C@@H](OC(=O)c4ccccc4)C12)C3(C)C.CC(=O)O[C@@]12CO[C@@H]1C[C@H](O[Si](C)(C)c1ccccc1)[C@@]1(C)C(=O)[C@H](OC(=O)C3CC3)C3=C(C)[C@@H](O)C[C@@](O)([C@@H](OC(=O)c4ccccc4)C12)C3(C)C. The van der Waals surface area contributed by atoms with E-state index in [0.29, 0.717) is 36.8 Å². The van der Waals surface area contributed by atoms with Gasteiger partial charge >= 0.3 is 35.8 Å². The third-order valence-corrected chi connectivity index (χ3v) is 26.6. The lowest BCUT2D eigenvalue weighted by molar-refractivity contribution is -0.346. The van der Waals surface area contributed by atoms with E-state index in [4.69, 9.17) is 42.3 Å². The maximum absolute atomic E-state index is 16.0. The van der Waals surface area contributed by atoms with Crippen molar-refractivity contribution in [1.29, 1.82) is 0 Å². The minimum atomic E-state index is -2.85. The second kappa shape index (κ2) is 26.2. The first-order valence-corrected chi connectivity index (χ1v) is 36.7. The number of aliphatic hydroxyl groups excluding tert-OH is 3. The number of rotatable bonds is 13. The van der Waals surface area contributed by atoms with Crippen LogP contribution < -0.4 is 5.19 Å². The van der Waals surface area contributed by atoms with E-state index in [1.54, 1.807) is 97.0 Å². The van der Waals surface area contributed by atoms with E-state index in [2.05, 4.69) is 0 Å². The van der Waals surface area contributed by atoms with Gasteiger partial charge in [-0.15, -0.1) is 0 Å². The molecule has 18 atom stereocenters. The Hall–Kier alpha value is -6.80. The van der Waals surface area contributed by atoms with Gasteiger partial charge in [-0.25, -0.2) is 9.59 Å². The molecule has 8 fully saturated rings. The van der Waals surface area contributed by atoms with Crippen molar-refractivity contribution in [2.45, 2.75) is 232 Å². The van der Waals surface area contributed by atoms with Crippen LogP contribution in [0.1, 0.15) is 156 Å². The molecule has 0 amide bonds. The average Bonchev–Trinajstić information content (AvgIpc) is 1.30. The third-order valence-electron chi connectivity index (χ3n) is 24.0. The Morgan fingerprint density at radius 1 is 0.525 bits per heavy atom. The fourth-order valence-corrected chi connectivity index (χ4v) is 20.1. The number of hydrogen-bond acceptors (Lipinski definition) is 22. The minimum absolute atomic E-state index is 0. The van der Waals surface area contributed by atoms with E-state index in [1.807, 2.05) is 43.4 Å². The topological polar surface area (TPSA) is 321 Å². The summed E-state index contributed by atoms with van der Waals surface area (Å²) in [6.45, 7) is 19.4. The molecule has 5 N–H and O–H groups in total. The van der Waals surface area contributed by atoms with Gasteiger partial charge in [0.2, 0.25) is 8.32 Å². The highest BCUT2D eigenvalue weighted by Crippen LogP contribution is 2.67. The van der Waals surface area contributed by atoms with Gasteiger partial charge in [-0.2, -0.15) is 0 Å². The summed E-state index contributed by atoms with van der Waals surface area (Å²) >= 11 is 0. The van der Waals surface area contributed by atoms with Gasteiger partial charge in [-0.1, -0.05) is 109 Å². The summed E-state index contributed by atoms with van der Waals surface area (Å²) in [4.78, 5) is 111. The molecule has 2 unspecified atom stereocenters. The summed E-state index contributed by atoms with van der Waals surface area (Å²) in [5, 5.41) is 62.3. The summed E-state index contributed by atoms with van der Waals surface area (Å²) in [5.41, 5.74) is -12.2. The molecule has 10 aliphatic rings. The minimum Gasteiger partial charge on any atom is -0.455 e. The molecule has 0 radical (unpaired) electrons. The van der Waals surface area contributed by atoms with Crippen LogP contribution in [0.15, 0.2) is 113 Å². The summed E-state index contributed by atoms with van der Waals surface area (Å²) in [6.07, 6.45) is -11.0. The second-order valence-electron chi connectivity index (χ2n) is 30.7. The average molecular weight is 1390 g/mol. The van der Waals surface area contributed by atoms with Crippen molar-refractivity contribution >= 4 is 60.9 Å². The number of fused-ring (bicyclic) bond motifs is 10. The van der Waals surface area contributed by atoms with Gasteiger partial charge < -0.3 is 67.9 Å². The van der Waals surface area contributed by atoms with E-state index in [9.17, 15) is 54.3 Å². The molecule has 0 aromatic heterocycles. The summed E-state index contributed by atoms with van der Waals surface area (Å²) in [7, 11) is -2.85. The van der Waals surface area contributed by atoms with Crippen LogP contribution in [0, 0.1) is 45.3 Å². The lowest BCUT2D eigenvalue weighted by Gasteiger charge is -2.68. The van der Waals surface area contributed by atoms with Gasteiger partial charge in [0.15, 0.2) is 35.0 Å². The second-order valence-corrected chi connectivity index (χ2v) is 34.5. The van der Waals surface area contributed by atoms with E-state index in [1.165, 1.54) is 32.9 Å². The monoisotopic (exact) mass is 1390 g/mol. The maximum Gasteiger partial charge on any atom is 0.338 e. The normalized spacial score (nSPS) is 37.5. The fraction of sp³-hybridized carbons (Fsp3) is 0.605. The van der Waals surface area contributed by atoms with Crippen molar-refractivity contribution in [3.8, 4) is 0 Å². The number of benzene rings is 3. The van der Waals surface area contributed by atoms with Crippen molar-refractivity contribution in [3.63, 3.8) is 0 Å². The van der Waals surface area contributed by atoms with E-state index in [0.717, 1.165) is 5.19 Å². The van der Waals surface area contributed by atoms with Crippen LogP contribution in [0.5, 0.6) is 0 Å². The maximum atomic E-state index is 16.0. The van der Waals surface area contributed by atoms with Crippen molar-refractivity contribution in [1.82, 2.24) is 0 Å². The smallest absolute Gasteiger partial charge is 0.338 e. The van der Waals surface area contributed by atoms with Crippen LogP contribution in [-0.2, 0) is 71.1 Å². The molecular weight excluding hydrogens is 1290 g/mol. The molecular formula is C76H98O22Si. The molecule has 99 heavy (non-hydrogen) atoms. The molecule has 3 aromatic rings. The first-order chi connectivity index (χ1) is 45.5. The van der Waals surface area contributed by atoms with Gasteiger partial charge in [-0.05, 0) is 118 Å². The Morgan fingerprint density at radius 2 is 0.889 bits per heavy atom. The van der Waals surface area contributed by atoms with Crippen molar-refractivity contribution in [2.75, 3.05) is 13.2 Å². The summed E-state index contributed by atoms with van der Waals surface area (Å²) in [6, 6.07) is 26.1. The first-order valence-electron chi connectivity index (χ1n) is 33.8. The Bertz CT molecular complexity index is 3750. The number of ether oxygens (including phenoxy) is 8. The molecule has 6 saturated carbocycles. The van der Waals surface area contributed by atoms with Gasteiger partial charge in [0.05, 0.1) is 83.3 Å². The number of Topliss-reactive ketones (excluding diaryl/α,β-unsaturated/α-hetero) is 2. The highest BCUT2D eigenvalue weighted by molar-refractivity contribution is 6.84. The third kappa shape index (κ3) is 11.8. The van der Waals surface area contributed by atoms with Crippen LogP contribution in [0.4, 0.5) is 0 Å². The number of aliphatic hydroxyl groups is 5. The zero-order valence-corrected chi connectivity index (χ0v) is 58.0. The molecule has 23 heteroatoms. The van der Waals surface area contributed by atoms with Crippen molar-refractivity contribution in [3.05, 3.63) is 124 Å². The van der Waals surface area contributed by atoms with E-state index >= 15 is 9.59 Å². The Labute approximate surface area is 579 Å². The van der Waals surface area contributed by atoms with Crippen LogP contribution in [0.25, 0.3) is 0 Å².